The van der Waals surface area contributed by atoms with Crippen molar-refractivity contribution in [2.24, 2.45) is 5.10 Å². The second-order valence-corrected chi connectivity index (χ2v) is 9.79. The lowest BCUT2D eigenvalue weighted by atomic mass is 9.97. The highest BCUT2D eigenvalue weighted by atomic mass is 15.5. The highest BCUT2D eigenvalue weighted by Gasteiger charge is 2.31. The molecule has 7 rings (SSSR count). The van der Waals surface area contributed by atoms with Crippen molar-refractivity contribution in [1.82, 2.24) is 4.98 Å². The Morgan fingerprint density at radius 1 is 0.615 bits per heavy atom. The van der Waals surface area contributed by atoms with E-state index in [1.165, 1.54) is 16.5 Å². The number of H-pyrrole nitrogens is 1. The van der Waals surface area contributed by atoms with Gasteiger partial charge in [0.1, 0.15) is 0 Å². The molecule has 1 aliphatic rings. The van der Waals surface area contributed by atoms with Crippen LogP contribution in [0.5, 0.6) is 0 Å². The number of rotatable bonds is 6. The molecule has 39 heavy (non-hydrogen) atoms. The van der Waals surface area contributed by atoms with E-state index < -0.39 is 0 Å². The molecule has 0 radical (unpaired) electrons. The zero-order valence-corrected chi connectivity index (χ0v) is 21.5. The first kappa shape index (κ1) is 23.1. The third kappa shape index (κ3) is 4.36. The number of fused-ring (bicyclic) bond motifs is 1. The summed E-state index contributed by atoms with van der Waals surface area (Å²) in [6, 6.07) is 49.0. The molecule has 4 nitrogen and oxygen atoms in total. The summed E-state index contributed by atoms with van der Waals surface area (Å²) in [6.07, 6.45) is 2.92. The maximum atomic E-state index is 5.18. The zero-order chi connectivity index (χ0) is 26.0. The van der Waals surface area contributed by atoms with E-state index in [0.29, 0.717) is 0 Å². The highest BCUT2D eigenvalue weighted by Crippen LogP contribution is 2.40. The van der Waals surface area contributed by atoms with Crippen molar-refractivity contribution in [3.8, 4) is 0 Å². The molecule has 0 spiro atoms. The van der Waals surface area contributed by atoms with Crippen LogP contribution in [0.1, 0.15) is 23.6 Å². The van der Waals surface area contributed by atoms with Crippen LogP contribution >= 0.6 is 0 Å². The Labute approximate surface area is 228 Å². The molecule has 0 saturated heterocycles. The van der Waals surface area contributed by atoms with Gasteiger partial charge in [0.15, 0.2) is 0 Å². The van der Waals surface area contributed by atoms with E-state index in [1.54, 1.807) is 0 Å². The Morgan fingerprint density at radius 2 is 1.18 bits per heavy atom. The van der Waals surface area contributed by atoms with Gasteiger partial charge in [-0.25, -0.2) is 0 Å². The molecule has 0 amide bonds. The molecule has 1 unspecified atom stereocenters. The quantitative estimate of drug-likeness (QED) is 0.246. The summed E-state index contributed by atoms with van der Waals surface area (Å²) in [6.45, 7) is 0. The Morgan fingerprint density at radius 3 is 1.85 bits per heavy atom. The van der Waals surface area contributed by atoms with E-state index in [9.17, 15) is 0 Å². The molecule has 1 atom stereocenters. The van der Waals surface area contributed by atoms with Crippen molar-refractivity contribution in [2.75, 3.05) is 9.91 Å². The largest absolute Gasteiger partial charge is 0.360 e. The molecule has 188 valence electrons. The second kappa shape index (κ2) is 9.99. The lowest BCUT2D eigenvalue weighted by molar-refractivity contribution is 0.709. The van der Waals surface area contributed by atoms with E-state index >= 15 is 0 Å². The molecule has 4 heteroatoms. The van der Waals surface area contributed by atoms with Crippen LogP contribution in [0.4, 0.5) is 22.7 Å². The van der Waals surface area contributed by atoms with Crippen molar-refractivity contribution in [2.45, 2.75) is 12.5 Å². The van der Waals surface area contributed by atoms with E-state index in [0.717, 1.165) is 40.4 Å². The molecular weight excluding hydrogens is 476 g/mol. The van der Waals surface area contributed by atoms with Crippen molar-refractivity contribution < 1.29 is 0 Å². The summed E-state index contributed by atoms with van der Waals surface area (Å²) in [5.41, 5.74) is 9.13. The standard InChI is InChI=1S/C35H28N4/c1-4-12-27(13-5-1)38(28-14-6-2-7-15-28)29-22-20-26(21-23-29)35-24-34(37-39(35)30-16-8-3-9-17-30)32-25-36-33-19-11-10-18-31(32)33/h1-23,25,35-36H,24H2. The smallest absolute Gasteiger partial charge is 0.0831 e. The Hall–Kier alpha value is -5.09. The van der Waals surface area contributed by atoms with Gasteiger partial charge in [-0.3, -0.25) is 5.01 Å². The normalized spacial score (nSPS) is 14.9. The first-order chi connectivity index (χ1) is 19.3. The molecule has 1 N–H and O–H groups in total. The molecule has 0 saturated carbocycles. The SMILES string of the molecule is c1ccc(N(c2ccccc2)c2ccc(C3CC(c4c[nH]c5ccccc45)=NN3c3ccccc3)cc2)cc1. The van der Waals surface area contributed by atoms with Crippen molar-refractivity contribution in [3.63, 3.8) is 0 Å². The minimum Gasteiger partial charge on any atom is -0.360 e. The lowest BCUT2D eigenvalue weighted by Gasteiger charge is -2.27. The van der Waals surface area contributed by atoms with E-state index in [2.05, 4.69) is 161 Å². The van der Waals surface area contributed by atoms with Gasteiger partial charge < -0.3 is 9.88 Å². The third-order valence-corrected chi connectivity index (χ3v) is 7.40. The van der Waals surface area contributed by atoms with Crippen LogP contribution in [0.2, 0.25) is 0 Å². The lowest BCUT2D eigenvalue weighted by Crippen LogP contribution is -2.18. The van der Waals surface area contributed by atoms with E-state index in [1.807, 2.05) is 0 Å². The van der Waals surface area contributed by atoms with Crippen LogP contribution in [0.25, 0.3) is 10.9 Å². The van der Waals surface area contributed by atoms with Gasteiger partial charge in [0, 0.05) is 46.1 Å². The van der Waals surface area contributed by atoms with Crippen LogP contribution in [-0.4, -0.2) is 10.7 Å². The van der Waals surface area contributed by atoms with Gasteiger partial charge in [-0.15, -0.1) is 0 Å². The number of hydrazone groups is 1. The summed E-state index contributed by atoms with van der Waals surface area (Å²) in [4.78, 5) is 5.71. The number of para-hydroxylation sites is 4. The van der Waals surface area contributed by atoms with Crippen LogP contribution in [0, 0.1) is 0 Å². The predicted molar refractivity (Wildman–Crippen MR) is 162 cm³/mol. The third-order valence-electron chi connectivity index (χ3n) is 7.40. The number of aromatic amines is 1. The number of hydrogen-bond acceptors (Lipinski definition) is 3. The molecule has 1 aromatic heterocycles. The summed E-state index contributed by atoms with van der Waals surface area (Å²) in [5, 5.41) is 8.57. The number of benzene rings is 5. The van der Waals surface area contributed by atoms with Crippen LogP contribution < -0.4 is 9.91 Å². The van der Waals surface area contributed by atoms with E-state index in [4.69, 9.17) is 5.10 Å². The number of nitrogens with zero attached hydrogens (tertiary/aromatic N) is 3. The fraction of sp³-hybridized carbons (Fsp3) is 0.0571. The average Bonchev–Trinajstić information content (AvgIpc) is 3.64. The molecule has 0 aliphatic carbocycles. The molecule has 1 aliphatic heterocycles. The number of aromatic nitrogens is 1. The van der Waals surface area contributed by atoms with Crippen molar-refractivity contribution in [3.05, 3.63) is 157 Å². The topological polar surface area (TPSA) is 34.6 Å². The molecular formula is C35H28N4. The summed E-state index contributed by atoms with van der Waals surface area (Å²) in [7, 11) is 0. The van der Waals surface area contributed by atoms with Gasteiger partial charge in [0.05, 0.1) is 17.4 Å². The summed E-state index contributed by atoms with van der Waals surface area (Å²) in [5.74, 6) is 0. The molecule has 2 heterocycles. The molecule has 0 fully saturated rings. The fourth-order valence-electron chi connectivity index (χ4n) is 5.51. The monoisotopic (exact) mass is 504 g/mol. The second-order valence-electron chi connectivity index (χ2n) is 9.79. The number of anilines is 4. The Balaban J connectivity index is 1.26. The fourth-order valence-corrected chi connectivity index (χ4v) is 5.51. The molecule has 6 aromatic rings. The maximum Gasteiger partial charge on any atom is 0.0831 e. The van der Waals surface area contributed by atoms with Gasteiger partial charge in [0.25, 0.3) is 0 Å². The first-order valence-electron chi connectivity index (χ1n) is 13.3. The van der Waals surface area contributed by atoms with E-state index in [-0.39, 0.29) is 6.04 Å². The Bertz CT molecular complexity index is 1680. The highest BCUT2D eigenvalue weighted by molar-refractivity contribution is 6.12. The zero-order valence-electron chi connectivity index (χ0n) is 21.5. The summed E-state index contributed by atoms with van der Waals surface area (Å²) < 4.78 is 0. The average molecular weight is 505 g/mol. The van der Waals surface area contributed by atoms with Gasteiger partial charge in [-0.2, -0.15) is 5.10 Å². The predicted octanol–water partition coefficient (Wildman–Crippen LogP) is 8.99. The minimum absolute atomic E-state index is 0.104. The minimum atomic E-state index is 0.104. The summed E-state index contributed by atoms with van der Waals surface area (Å²) >= 11 is 0. The number of nitrogens with one attached hydrogen (secondary N) is 1. The van der Waals surface area contributed by atoms with Crippen LogP contribution in [-0.2, 0) is 0 Å². The van der Waals surface area contributed by atoms with Crippen molar-refractivity contribution in [1.29, 1.82) is 0 Å². The van der Waals surface area contributed by atoms with Gasteiger partial charge in [-0.1, -0.05) is 84.9 Å². The maximum absolute atomic E-state index is 5.18. The molecule has 5 aromatic carbocycles. The van der Waals surface area contributed by atoms with Crippen molar-refractivity contribution >= 4 is 39.4 Å². The van der Waals surface area contributed by atoms with Crippen LogP contribution in [0.15, 0.2) is 151 Å². The van der Waals surface area contributed by atoms with Crippen LogP contribution in [0.3, 0.4) is 0 Å². The molecule has 0 bridgehead atoms. The Kier molecular flexibility index (Phi) is 5.91. The van der Waals surface area contributed by atoms with Gasteiger partial charge >= 0.3 is 0 Å². The van der Waals surface area contributed by atoms with Gasteiger partial charge in [0.2, 0.25) is 0 Å². The van der Waals surface area contributed by atoms with Gasteiger partial charge in [-0.05, 0) is 60.2 Å². The number of hydrogen-bond donors (Lipinski definition) is 1. The first-order valence-corrected chi connectivity index (χ1v) is 13.3.